The number of hydrogen-bond acceptors (Lipinski definition) is 3. The molecule has 21 heavy (non-hydrogen) atoms. The third-order valence-electron chi connectivity index (χ3n) is 4.08. The van der Waals surface area contributed by atoms with Gasteiger partial charge in [-0.1, -0.05) is 18.2 Å². The molecule has 2 aromatic rings. The van der Waals surface area contributed by atoms with Gasteiger partial charge in [0.2, 0.25) is 5.91 Å². The van der Waals surface area contributed by atoms with Crippen LogP contribution in [-0.4, -0.2) is 32.7 Å². The van der Waals surface area contributed by atoms with E-state index in [1.54, 1.807) is 0 Å². The lowest BCUT2D eigenvalue weighted by atomic mass is 9.74. The maximum atomic E-state index is 12.2. The number of aromatic nitrogens is 2. The van der Waals surface area contributed by atoms with Crippen LogP contribution >= 0.6 is 0 Å². The van der Waals surface area contributed by atoms with Crippen LogP contribution in [0, 0.1) is 0 Å². The zero-order valence-corrected chi connectivity index (χ0v) is 11.6. The molecule has 6 heteroatoms. The summed E-state index contributed by atoms with van der Waals surface area (Å²) in [6, 6.07) is 7.59. The fourth-order valence-corrected chi connectivity index (χ4v) is 2.89. The molecule has 1 aromatic heterocycles. The molecule has 110 valence electrons. The van der Waals surface area contributed by atoms with Gasteiger partial charge in [-0.2, -0.15) is 5.10 Å². The Morgan fingerprint density at radius 2 is 2.10 bits per heavy atom. The van der Waals surface area contributed by atoms with Crippen molar-refractivity contribution in [1.29, 1.82) is 0 Å². The van der Waals surface area contributed by atoms with Crippen molar-refractivity contribution < 1.29 is 14.7 Å². The highest BCUT2D eigenvalue weighted by Crippen LogP contribution is 2.35. The molecule has 0 bridgehead atoms. The first-order chi connectivity index (χ1) is 10.1. The number of rotatable bonds is 5. The van der Waals surface area contributed by atoms with Crippen LogP contribution in [0.5, 0.6) is 0 Å². The van der Waals surface area contributed by atoms with E-state index in [-0.39, 0.29) is 18.7 Å². The van der Waals surface area contributed by atoms with E-state index in [1.807, 2.05) is 24.3 Å². The monoisotopic (exact) mass is 287 g/mol. The number of nitrogens with zero attached hydrogens (tertiary/aromatic N) is 1. The van der Waals surface area contributed by atoms with Gasteiger partial charge < -0.3 is 10.4 Å². The van der Waals surface area contributed by atoms with E-state index in [1.165, 1.54) is 0 Å². The minimum atomic E-state index is -0.873. The summed E-state index contributed by atoms with van der Waals surface area (Å²) < 4.78 is 0. The predicted molar refractivity (Wildman–Crippen MR) is 76.8 cm³/mol. The molecule has 1 aliphatic rings. The van der Waals surface area contributed by atoms with Gasteiger partial charge in [0.1, 0.15) is 0 Å². The lowest BCUT2D eigenvalue weighted by molar-refractivity contribution is -0.140. The van der Waals surface area contributed by atoms with Gasteiger partial charge in [0.05, 0.1) is 29.6 Å². The number of aromatic amines is 1. The second-order valence-corrected chi connectivity index (χ2v) is 5.65. The minimum absolute atomic E-state index is 0.0114. The Labute approximate surface area is 121 Å². The molecule has 0 saturated heterocycles. The summed E-state index contributed by atoms with van der Waals surface area (Å²) in [4.78, 5) is 23.1. The van der Waals surface area contributed by atoms with Gasteiger partial charge in [0.25, 0.3) is 0 Å². The van der Waals surface area contributed by atoms with E-state index < -0.39 is 11.5 Å². The SMILES string of the molecule is O=C(O)CC1(NC(=O)Cc2[nH]nc3ccccc23)CCC1. The quantitative estimate of drug-likeness (QED) is 0.778. The van der Waals surface area contributed by atoms with Crippen molar-refractivity contribution in [2.45, 2.75) is 37.6 Å². The number of carbonyl (C=O) groups excluding carboxylic acids is 1. The molecule has 3 N–H and O–H groups in total. The van der Waals surface area contributed by atoms with Crippen LogP contribution in [0.15, 0.2) is 24.3 Å². The molecule has 1 saturated carbocycles. The minimum Gasteiger partial charge on any atom is -0.481 e. The van der Waals surface area contributed by atoms with Gasteiger partial charge >= 0.3 is 5.97 Å². The Bertz CT molecular complexity index is 688. The van der Waals surface area contributed by atoms with Crippen LogP contribution < -0.4 is 5.32 Å². The first kappa shape index (κ1) is 13.6. The van der Waals surface area contributed by atoms with Crippen LogP contribution in [-0.2, 0) is 16.0 Å². The van der Waals surface area contributed by atoms with E-state index in [0.29, 0.717) is 0 Å². The van der Waals surface area contributed by atoms with E-state index in [0.717, 1.165) is 35.9 Å². The molecular formula is C15H17N3O3. The van der Waals surface area contributed by atoms with E-state index in [9.17, 15) is 9.59 Å². The Hall–Kier alpha value is -2.37. The third kappa shape index (κ3) is 2.74. The van der Waals surface area contributed by atoms with Gasteiger partial charge in [-0.3, -0.25) is 14.7 Å². The van der Waals surface area contributed by atoms with Gasteiger partial charge in [-0.25, -0.2) is 0 Å². The van der Waals surface area contributed by atoms with Crippen LogP contribution in [0.4, 0.5) is 0 Å². The van der Waals surface area contributed by atoms with Crippen molar-refractivity contribution in [2.24, 2.45) is 0 Å². The van der Waals surface area contributed by atoms with Gasteiger partial charge in [0.15, 0.2) is 0 Å². The Morgan fingerprint density at radius 1 is 1.33 bits per heavy atom. The number of aliphatic carboxylic acids is 1. The number of carboxylic acids is 1. The molecule has 1 aliphatic carbocycles. The molecule has 1 heterocycles. The summed E-state index contributed by atoms with van der Waals surface area (Å²) in [5.74, 6) is -1.03. The standard InChI is InChI=1S/C15H17N3O3/c19-13(16-15(6-3-7-15)9-14(20)21)8-12-10-4-1-2-5-11(10)17-18-12/h1-2,4-5H,3,6-9H2,(H,16,19)(H,17,18)(H,20,21). The van der Waals surface area contributed by atoms with Crippen molar-refractivity contribution in [3.8, 4) is 0 Å². The summed E-state index contributed by atoms with van der Waals surface area (Å²) in [6.07, 6.45) is 2.59. The number of para-hydroxylation sites is 1. The molecule has 0 spiro atoms. The number of hydrogen-bond donors (Lipinski definition) is 3. The fraction of sp³-hybridized carbons (Fsp3) is 0.400. The maximum absolute atomic E-state index is 12.2. The average molecular weight is 287 g/mol. The van der Waals surface area contributed by atoms with Crippen LogP contribution in [0.25, 0.3) is 10.9 Å². The Kier molecular flexibility index (Phi) is 3.37. The number of nitrogens with one attached hydrogen (secondary N) is 2. The lowest BCUT2D eigenvalue weighted by Gasteiger charge is -2.41. The molecule has 1 fully saturated rings. The summed E-state index contributed by atoms with van der Waals surface area (Å²) in [6.45, 7) is 0. The number of carboxylic acid groups (broad SMARTS) is 1. The number of H-pyrrole nitrogens is 1. The third-order valence-corrected chi connectivity index (χ3v) is 4.08. The lowest BCUT2D eigenvalue weighted by Crippen LogP contribution is -2.55. The fourth-order valence-electron chi connectivity index (χ4n) is 2.89. The first-order valence-corrected chi connectivity index (χ1v) is 7.03. The van der Waals surface area contributed by atoms with Gasteiger partial charge in [-0.15, -0.1) is 0 Å². The molecule has 0 atom stereocenters. The molecule has 0 radical (unpaired) electrons. The van der Waals surface area contributed by atoms with Crippen molar-refractivity contribution >= 4 is 22.8 Å². The molecule has 1 amide bonds. The summed E-state index contributed by atoms with van der Waals surface area (Å²) >= 11 is 0. The second-order valence-electron chi connectivity index (χ2n) is 5.65. The van der Waals surface area contributed by atoms with Crippen molar-refractivity contribution in [3.63, 3.8) is 0 Å². The molecule has 0 aliphatic heterocycles. The van der Waals surface area contributed by atoms with Gasteiger partial charge in [-0.05, 0) is 25.3 Å². The normalized spacial score (nSPS) is 16.4. The average Bonchev–Trinajstić information content (AvgIpc) is 2.79. The molecule has 1 aromatic carbocycles. The molecule has 3 rings (SSSR count). The highest BCUT2D eigenvalue weighted by atomic mass is 16.4. The summed E-state index contributed by atoms with van der Waals surface area (Å²) in [5.41, 5.74) is 1.02. The zero-order valence-electron chi connectivity index (χ0n) is 11.6. The smallest absolute Gasteiger partial charge is 0.305 e. The van der Waals surface area contributed by atoms with Crippen molar-refractivity contribution in [2.75, 3.05) is 0 Å². The van der Waals surface area contributed by atoms with Gasteiger partial charge in [0, 0.05) is 5.39 Å². The van der Waals surface area contributed by atoms with Crippen LogP contribution in [0.3, 0.4) is 0 Å². The van der Waals surface area contributed by atoms with E-state index >= 15 is 0 Å². The molecule has 0 unspecified atom stereocenters. The number of carbonyl (C=O) groups is 2. The number of amides is 1. The Balaban J connectivity index is 1.70. The van der Waals surface area contributed by atoms with Crippen molar-refractivity contribution in [3.05, 3.63) is 30.0 Å². The highest BCUT2D eigenvalue weighted by molar-refractivity contribution is 5.87. The molecular weight excluding hydrogens is 270 g/mol. The topological polar surface area (TPSA) is 95.1 Å². The van der Waals surface area contributed by atoms with E-state index in [2.05, 4.69) is 15.5 Å². The second kappa shape index (κ2) is 5.20. The highest BCUT2D eigenvalue weighted by Gasteiger charge is 2.40. The molecule has 6 nitrogen and oxygen atoms in total. The van der Waals surface area contributed by atoms with Crippen LogP contribution in [0.2, 0.25) is 0 Å². The maximum Gasteiger partial charge on any atom is 0.305 e. The first-order valence-electron chi connectivity index (χ1n) is 7.03. The zero-order chi connectivity index (χ0) is 14.9. The van der Waals surface area contributed by atoms with Crippen LogP contribution in [0.1, 0.15) is 31.4 Å². The largest absolute Gasteiger partial charge is 0.481 e. The predicted octanol–water partition coefficient (Wildman–Crippen LogP) is 1.62. The summed E-state index contributed by atoms with van der Waals surface area (Å²) in [7, 11) is 0. The Morgan fingerprint density at radius 3 is 2.76 bits per heavy atom. The number of benzene rings is 1. The summed E-state index contributed by atoms with van der Waals surface area (Å²) in [5, 5.41) is 19.8. The number of fused-ring (bicyclic) bond motifs is 1. The van der Waals surface area contributed by atoms with Crippen molar-refractivity contribution in [1.82, 2.24) is 15.5 Å². The van der Waals surface area contributed by atoms with E-state index in [4.69, 9.17) is 5.11 Å².